The van der Waals surface area contributed by atoms with Gasteiger partial charge in [-0.3, -0.25) is 0 Å². The number of nitrogens with one attached hydrogen (secondary N) is 1. The molecule has 0 fully saturated rings. The van der Waals surface area contributed by atoms with E-state index in [1.165, 1.54) is 23.4 Å². The fourth-order valence-electron chi connectivity index (χ4n) is 0. The smallest absolute Gasteiger partial charge is 1.00 e. The zero-order valence-corrected chi connectivity index (χ0v) is 12.0. The van der Waals surface area contributed by atoms with Crippen molar-refractivity contribution >= 4 is 4.02 Å². The monoisotopic (exact) mass is 325 g/mol. The second-order valence-corrected chi connectivity index (χ2v) is 2.93. The van der Waals surface area contributed by atoms with Gasteiger partial charge in [-0.05, 0) is 0 Å². The topological polar surface area (TPSA) is 12.0 Å². The van der Waals surface area contributed by atoms with Crippen LogP contribution < -0.4 is 63.5 Å². The molecule has 1 nitrogen and oxygen atoms in total. The molecule has 0 aliphatic heterocycles. The summed E-state index contributed by atoms with van der Waals surface area (Å²) in [6.07, 6.45) is 0. The van der Waals surface area contributed by atoms with Gasteiger partial charge in [-0.1, -0.05) is 0 Å². The summed E-state index contributed by atoms with van der Waals surface area (Å²) in [6.45, 7) is 2.00. The summed E-state index contributed by atoms with van der Waals surface area (Å²) in [6, 6.07) is 0. The largest absolute Gasteiger partial charge is 1.00 e. The average Bonchev–Trinajstić information content (AvgIpc) is 1.38. The minimum atomic E-state index is 0. The minimum Gasteiger partial charge on any atom is 1.00 e. The molecule has 0 saturated carbocycles. The van der Waals surface area contributed by atoms with Crippen LogP contribution in [0, 0.1) is 7.05 Å². The molecule has 3 heteroatoms. The summed E-state index contributed by atoms with van der Waals surface area (Å²) in [5.41, 5.74) is 0. The Kier molecular flexibility index (Phi) is 13.6. The van der Waals surface area contributed by atoms with Gasteiger partial charge in [0.15, 0.2) is 0 Å². The third kappa shape index (κ3) is 9.59. The maximum absolute atomic E-state index is 3.42. The number of hydrogen-bond donors (Lipinski definition) is 1. The second-order valence-electron chi connectivity index (χ2n) is 0.733. The van der Waals surface area contributed by atoms with Crippen LogP contribution in [-0.4, -0.2) is 4.02 Å². The molecule has 1 N–H and O–H groups in total. The van der Waals surface area contributed by atoms with Crippen molar-refractivity contribution in [3.63, 3.8) is 0 Å². The van der Waals surface area contributed by atoms with Crippen molar-refractivity contribution in [3.8, 4) is 0 Å². The molecule has 0 atom stereocenters. The van der Waals surface area contributed by atoms with Crippen molar-refractivity contribution in [2.24, 2.45) is 0 Å². The van der Waals surface area contributed by atoms with Crippen molar-refractivity contribution in [1.29, 1.82) is 0 Å². The summed E-state index contributed by atoms with van der Waals surface area (Å²) in [4.78, 5) is 0. The predicted octanol–water partition coefficient (Wildman–Crippen LogP) is -2.93. The Morgan fingerprint density at radius 2 is 2.00 bits per heavy atom. The fraction of sp³-hybridized carbons (Fsp3) is 0.333. The average molecular weight is 325 g/mol. The molecule has 0 aliphatic rings. The van der Waals surface area contributed by atoms with Gasteiger partial charge < -0.3 is 0 Å². The van der Waals surface area contributed by atoms with Gasteiger partial charge in [-0.2, -0.15) is 0 Å². The first kappa shape index (κ1) is 11.2. The van der Waals surface area contributed by atoms with Crippen LogP contribution in [0.3, 0.4) is 0 Å². The van der Waals surface area contributed by atoms with Crippen LogP contribution in [-0.2, 0) is 19.4 Å². The fourth-order valence-corrected chi connectivity index (χ4v) is 0. The van der Waals surface area contributed by atoms with E-state index in [4.69, 9.17) is 0 Å². The van der Waals surface area contributed by atoms with Gasteiger partial charge in [0.1, 0.15) is 0 Å². The quantitative estimate of drug-likeness (QED) is 0.509. The Bertz CT molecular complexity index is 46.1. The maximum atomic E-state index is 3.42. The van der Waals surface area contributed by atoms with Crippen LogP contribution in [0.25, 0.3) is 0 Å². The van der Waals surface area contributed by atoms with E-state index in [2.05, 4.69) is 12.4 Å². The molecule has 0 rings (SSSR count). The summed E-state index contributed by atoms with van der Waals surface area (Å²) >= 11 is 1.45. The zero-order chi connectivity index (χ0) is 4.28. The molecule has 0 aromatic carbocycles. The molecule has 0 amide bonds. The van der Waals surface area contributed by atoms with Crippen LogP contribution in [0.5, 0.6) is 0 Å². The summed E-state index contributed by atoms with van der Waals surface area (Å²) in [7, 11) is 3.42. The third-order valence-electron chi connectivity index (χ3n) is 0.249. The summed E-state index contributed by atoms with van der Waals surface area (Å²) < 4.78 is 1.23. The van der Waals surface area contributed by atoms with Crippen LogP contribution in [0.4, 0.5) is 0 Å². The van der Waals surface area contributed by atoms with Crippen molar-refractivity contribution in [1.82, 2.24) is 5.32 Å². The number of rotatable bonds is 1. The molecule has 0 radical (unpaired) electrons. The van der Waals surface area contributed by atoms with Crippen LogP contribution >= 0.6 is 0 Å². The Morgan fingerprint density at radius 1 is 1.83 bits per heavy atom. The van der Waals surface area contributed by atoms with Crippen LogP contribution in [0.15, 0.2) is 0 Å². The third-order valence-corrected chi connectivity index (χ3v) is 0.768. The van der Waals surface area contributed by atoms with Crippen molar-refractivity contribution in [2.75, 3.05) is 0 Å². The molecule has 0 spiro atoms. The predicted molar refractivity (Wildman–Crippen MR) is 19.2 cm³/mol. The molecule has 0 saturated heterocycles. The SMILES string of the molecule is [CH2-]N[C](C)=[W].[Rb+]. The zero-order valence-electron chi connectivity index (χ0n) is 4.12. The molecule has 30 valence electrons. The molecule has 6 heavy (non-hydrogen) atoms. The Morgan fingerprint density at radius 3 is 2.00 bits per heavy atom. The van der Waals surface area contributed by atoms with E-state index in [1.807, 2.05) is 6.92 Å². The van der Waals surface area contributed by atoms with Crippen LogP contribution in [0.1, 0.15) is 6.92 Å². The summed E-state index contributed by atoms with van der Waals surface area (Å²) in [5.74, 6) is 0. The van der Waals surface area contributed by atoms with Crippen molar-refractivity contribution in [3.05, 3.63) is 7.05 Å². The Labute approximate surface area is 98.5 Å². The van der Waals surface area contributed by atoms with Gasteiger partial charge in [0.2, 0.25) is 0 Å². The van der Waals surface area contributed by atoms with Crippen LogP contribution in [0.2, 0.25) is 0 Å². The van der Waals surface area contributed by atoms with E-state index in [1.54, 1.807) is 0 Å². The van der Waals surface area contributed by atoms with E-state index in [-0.39, 0.29) is 58.2 Å². The van der Waals surface area contributed by atoms with E-state index < -0.39 is 0 Å². The van der Waals surface area contributed by atoms with Gasteiger partial charge >= 0.3 is 101 Å². The first-order valence-electron chi connectivity index (χ1n) is 1.31. The van der Waals surface area contributed by atoms with E-state index in [9.17, 15) is 0 Å². The van der Waals surface area contributed by atoms with Gasteiger partial charge in [0.25, 0.3) is 0 Å². The van der Waals surface area contributed by atoms with E-state index >= 15 is 0 Å². The van der Waals surface area contributed by atoms with Gasteiger partial charge in [0.05, 0.1) is 0 Å². The maximum Gasteiger partial charge on any atom is 1.00 e. The van der Waals surface area contributed by atoms with E-state index in [0.29, 0.717) is 0 Å². The molecular weight excluding hydrogens is 319 g/mol. The molecule has 0 aliphatic carbocycles. The second kappa shape index (κ2) is 7.32. The Hall–Kier alpha value is 2.32. The van der Waals surface area contributed by atoms with Crippen molar-refractivity contribution in [2.45, 2.75) is 6.92 Å². The summed E-state index contributed by atoms with van der Waals surface area (Å²) in [5, 5.41) is 2.73. The molecule has 0 unspecified atom stereocenters. The first-order valence-corrected chi connectivity index (χ1v) is 2.77. The number of hydrogen-bond acceptors (Lipinski definition) is 1. The molecular formula is C3H6NRbW. The van der Waals surface area contributed by atoms with Gasteiger partial charge in [0, 0.05) is 0 Å². The van der Waals surface area contributed by atoms with Gasteiger partial charge in [-0.15, -0.1) is 0 Å². The standard InChI is InChI=1S/C3H6N.Rb.W/c1-3-4-2;;/h4H,2H2,1H3;;/q-1;+1;. The van der Waals surface area contributed by atoms with Crippen molar-refractivity contribution < 1.29 is 77.5 Å². The molecule has 0 aromatic rings. The normalized spacial score (nSPS) is 6.33. The van der Waals surface area contributed by atoms with Gasteiger partial charge in [-0.25, -0.2) is 0 Å². The Balaban J connectivity index is 0. The molecule has 0 bridgehead atoms. The minimum absolute atomic E-state index is 0. The molecule has 0 heterocycles. The first-order chi connectivity index (χ1) is 2.27. The van der Waals surface area contributed by atoms with E-state index in [0.717, 1.165) is 0 Å². The molecule has 0 aromatic heterocycles.